The lowest BCUT2D eigenvalue weighted by molar-refractivity contribution is 0.0928. The molecule has 1 saturated carbocycles. The monoisotopic (exact) mass is 318 g/mol. The average molecular weight is 319 g/mol. The van der Waals surface area contributed by atoms with E-state index in [0.717, 1.165) is 30.9 Å². The van der Waals surface area contributed by atoms with E-state index in [9.17, 15) is 4.79 Å². The zero-order valence-corrected chi connectivity index (χ0v) is 13.0. The van der Waals surface area contributed by atoms with Crippen molar-refractivity contribution in [3.8, 4) is 0 Å². The van der Waals surface area contributed by atoms with Gasteiger partial charge in [0.2, 0.25) is 0 Å². The Morgan fingerprint density at radius 2 is 2.05 bits per heavy atom. The third-order valence-electron chi connectivity index (χ3n) is 3.41. The second-order valence-electron chi connectivity index (χ2n) is 4.67. The number of carbonyl (C=O) groups excluding carboxylic acids is 1. The summed E-state index contributed by atoms with van der Waals surface area (Å²) in [6, 6.07) is 1.74. The molecule has 0 aliphatic heterocycles. The van der Waals surface area contributed by atoms with Gasteiger partial charge in [-0.25, -0.2) is 4.98 Å². The molecule has 0 atom stereocenters. The number of aromatic nitrogens is 1. The molecule has 1 fully saturated rings. The molecule has 0 bridgehead atoms. The number of rotatable bonds is 3. The third kappa shape index (κ3) is 4.01. The van der Waals surface area contributed by atoms with Gasteiger partial charge in [-0.3, -0.25) is 4.79 Å². The van der Waals surface area contributed by atoms with Gasteiger partial charge < -0.3 is 5.32 Å². The third-order valence-corrected chi connectivity index (χ3v) is 5.06. The quantitative estimate of drug-likeness (QED) is 0.862. The number of nitrogens with zero attached hydrogens (tertiary/aromatic N) is 1. The number of amides is 1. The van der Waals surface area contributed by atoms with Crippen LogP contribution < -0.4 is 5.32 Å². The molecule has 1 N–H and O–H groups in total. The largest absolute Gasteiger partial charge is 0.349 e. The fourth-order valence-corrected chi connectivity index (χ4v) is 3.38. The van der Waals surface area contributed by atoms with Crippen LogP contribution in [0.2, 0.25) is 10.2 Å². The highest BCUT2D eigenvalue weighted by molar-refractivity contribution is 7.99. The summed E-state index contributed by atoms with van der Waals surface area (Å²) in [6.45, 7) is 0. The maximum absolute atomic E-state index is 12.1. The molecule has 0 saturated heterocycles. The average Bonchev–Trinajstić information content (AvgIpc) is 2.42. The minimum absolute atomic E-state index is 0.165. The summed E-state index contributed by atoms with van der Waals surface area (Å²) in [6.07, 6.45) is 7.89. The van der Waals surface area contributed by atoms with Crippen LogP contribution in [0.3, 0.4) is 0 Å². The molecule has 1 aromatic rings. The second kappa shape index (κ2) is 6.82. The van der Waals surface area contributed by atoms with Crippen molar-refractivity contribution in [2.24, 2.45) is 0 Å². The molecule has 0 unspecified atom stereocenters. The first-order chi connectivity index (χ1) is 9.10. The van der Waals surface area contributed by atoms with Gasteiger partial charge in [0.25, 0.3) is 5.91 Å². The van der Waals surface area contributed by atoms with Gasteiger partial charge in [-0.15, -0.1) is 0 Å². The summed E-state index contributed by atoms with van der Waals surface area (Å²) >= 11 is 13.7. The Kier molecular flexibility index (Phi) is 5.37. The second-order valence-corrected chi connectivity index (χ2v) is 6.60. The molecule has 104 valence electrons. The molecule has 6 heteroatoms. The number of hydrogen-bond donors (Lipinski definition) is 1. The Balaban J connectivity index is 1.96. The number of nitrogens with one attached hydrogen (secondary N) is 1. The van der Waals surface area contributed by atoms with E-state index in [1.165, 1.54) is 12.3 Å². The Bertz CT molecular complexity index is 462. The van der Waals surface area contributed by atoms with Crippen molar-refractivity contribution >= 4 is 40.9 Å². The summed E-state index contributed by atoms with van der Waals surface area (Å²) in [5, 5.41) is 4.37. The molecule has 1 aliphatic carbocycles. The normalized spacial score (nSPS) is 23.1. The van der Waals surface area contributed by atoms with Crippen LogP contribution in [0.4, 0.5) is 0 Å². The summed E-state index contributed by atoms with van der Waals surface area (Å²) in [5.74, 6) is -0.165. The van der Waals surface area contributed by atoms with E-state index in [-0.39, 0.29) is 17.1 Å². The lowest BCUT2D eigenvalue weighted by atomic mass is 9.95. The van der Waals surface area contributed by atoms with Crippen LogP contribution >= 0.6 is 35.0 Å². The zero-order chi connectivity index (χ0) is 13.8. The molecule has 0 aromatic carbocycles. The molecule has 0 radical (unpaired) electrons. The smallest absolute Gasteiger partial charge is 0.253 e. The molecule has 1 aliphatic rings. The minimum Gasteiger partial charge on any atom is -0.349 e. The maximum atomic E-state index is 12.1. The number of hydrogen-bond acceptors (Lipinski definition) is 3. The Hall–Kier alpha value is -0.450. The van der Waals surface area contributed by atoms with Gasteiger partial charge in [0.15, 0.2) is 0 Å². The molecule has 19 heavy (non-hydrogen) atoms. The lowest BCUT2D eigenvalue weighted by Gasteiger charge is -2.28. The van der Waals surface area contributed by atoms with Crippen LogP contribution in [0, 0.1) is 0 Å². The van der Waals surface area contributed by atoms with E-state index < -0.39 is 0 Å². The van der Waals surface area contributed by atoms with Crippen molar-refractivity contribution in [2.45, 2.75) is 37.0 Å². The molecule has 0 spiro atoms. The van der Waals surface area contributed by atoms with Crippen molar-refractivity contribution in [1.29, 1.82) is 0 Å². The van der Waals surface area contributed by atoms with Gasteiger partial charge in [0, 0.05) is 17.5 Å². The molecule has 3 nitrogen and oxygen atoms in total. The fraction of sp³-hybridized carbons (Fsp3) is 0.538. The first kappa shape index (κ1) is 14.9. The van der Waals surface area contributed by atoms with Crippen LogP contribution in [-0.4, -0.2) is 28.4 Å². The van der Waals surface area contributed by atoms with Gasteiger partial charge in [0.1, 0.15) is 5.15 Å². The van der Waals surface area contributed by atoms with E-state index in [1.807, 2.05) is 11.8 Å². The number of pyridine rings is 1. The van der Waals surface area contributed by atoms with E-state index in [0.29, 0.717) is 10.6 Å². The van der Waals surface area contributed by atoms with Crippen molar-refractivity contribution in [2.75, 3.05) is 6.26 Å². The minimum atomic E-state index is -0.165. The van der Waals surface area contributed by atoms with E-state index >= 15 is 0 Å². The Morgan fingerprint density at radius 1 is 1.37 bits per heavy atom. The Morgan fingerprint density at radius 3 is 2.68 bits per heavy atom. The topological polar surface area (TPSA) is 42.0 Å². The molecular formula is C13H16Cl2N2OS. The molecule has 2 rings (SSSR count). The fourth-order valence-electron chi connectivity index (χ4n) is 2.29. The Labute approximate surface area is 127 Å². The predicted octanol–water partition coefficient (Wildman–Crippen LogP) is 3.79. The highest BCUT2D eigenvalue weighted by Crippen LogP contribution is 2.27. The van der Waals surface area contributed by atoms with E-state index in [1.54, 1.807) is 0 Å². The molecule has 1 aromatic heterocycles. The predicted molar refractivity (Wildman–Crippen MR) is 81.3 cm³/mol. The maximum Gasteiger partial charge on any atom is 0.253 e. The molecule has 1 heterocycles. The van der Waals surface area contributed by atoms with Gasteiger partial charge >= 0.3 is 0 Å². The van der Waals surface area contributed by atoms with E-state index in [2.05, 4.69) is 16.6 Å². The van der Waals surface area contributed by atoms with Crippen molar-refractivity contribution in [3.63, 3.8) is 0 Å². The van der Waals surface area contributed by atoms with Crippen LogP contribution in [0.25, 0.3) is 0 Å². The van der Waals surface area contributed by atoms with Crippen molar-refractivity contribution in [1.82, 2.24) is 10.3 Å². The van der Waals surface area contributed by atoms with Crippen LogP contribution in [-0.2, 0) is 0 Å². The van der Waals surface area contributed by atoms with Crippen LogP contribution in [0.5, 0.6) is 0 Å². The van der Waals surface area contributed by atoms with Gasteiger partial charge in [0.05, 0.1) is 10.6 Å². The van der Waals surface area contributed by atoms with Gasteiger partial charge in [-0.2, -0.15) is 11.8 Å². The van der Waals surface area contributed by atoms with Crippen LogP contribution in [0.15, 0.2) is 12.3 Å². The number of thioether (sulfide) groups is 1. The summed E-state index contributed by atoms with van der Waals surface area (Å²) < 4.78 is 0. The van der Waals surface area contributed by atoms with Crippen molar-refractivity contribution < 1.29 is 4.79 Å². The lowest BCUT2D eigenvalue weighted by Crippen LogP contribution is -2.38. The van der Waals surface area contributed by atoms with Gasteiger partial charge in [-0.1, -0.05) is 23.2 Å². The van der Waals surface area contributed by atoms with Crippen molar-refractivity contribution in [3.05, 3.63) is 28.0 Å². The highest BCUT2D eigenvalue weighted by Gasteiger charge is 2.23. The summed E-state index contributed by atoms with van der Waals surface area (Å²) in [7, 11) is 0. The number of carbonyl (C=O) groups is 1. The summed E-state index contributed by atoms with van der Waals surface area (Å²) in [5.41, 5.74) is 0.397. The first-order valence-corrected chi connectivity index (χ1v) is 8.29. The SMILES string of the molecule is CSC1CCC(NC(=O)c2cc(Cl)ncc2Cl)CC1. The van der Waals surface area contributed by atoms with Gasteiger partial charge in [-0.05, 0) is 38.0 Å². The molecule has 1 amide bonds. The summed E-state index contributed by atoms with van der Waals surface area (Å²) in [4.78, 5) is 16.0. The first-order valence-electron chi connectivity index (χ1n) is 6.25. The molecular weight excluding hydrogens is 303 g/mol. The standard InChI is InChI=1S/C13H16Cl2N2OS/c1-19-9-4-2-8(3-5-9)17-13(18)10-6-12(15)16-7-11(10)14/h6-9H,2-5H2,1H3,(H,17,18). The highest BCUT2D eigenvalue weighted by atomic mass is 35.5. The van der Waals surface area contributed by atoms with E-state index in [4.69, 9.17) is 23.2 Å². The zero-order valence-electron chi connectivity index (χ0n) is 10.7. The van der Waals surface area contributed by atoms with Crippen LogP contribution in [0.1, 0.15) is 36.0 Å². The number of halogens is 2.